The van der Waals surface area contributed by atoms with Crippen LogP contribution < -0.4 is 5.73 Å². The Balaban J connectivity index is 0.00000176. The number of rotatable bonds is 9. The van der Waals surface area contributed by atoms with E-state index in [1.165, 1.54) is 83.5 Å². The Morgan fingerprint density at radius 3 is 2.15 bits per heavy atom. The van der Waals surface area contributed by atoms with Crippen LogP contribution in [-0.4, -0.2) is 6.04 Å². The van der Waals surface area contributed by atoms with Crippen LogP contribution in [0.25, 0.3) is 0 Å². The first-order valence-electron chi connectivity index (χ1n) is 12.7. The molecule has 2 fully saturated rings. The van der Waals surface area contributed by atoms with Crippen LogP contribution in [-0.2, 0) is 0 Å². The molecule has 0 saturated heterocycles. The maximum Gasteiger partial charge on any atom is 0.00674 e. The van der Waals surface area contributed by atoms with E-state index in [4.69, 9.17) is 5.73 Å². The second kappa shape index (κ2) is 14.0. The smallest absolute Gasteiger partial charge is 0.00674 e. The summed E-state index contributed by atoms with van der Waals surface area (Å²) in [6.07, 6.45) is 18.7. The van der Waals surface area contributed by atoms with E-state index < -0.39 is 0 Å². The van der Waals surface area contributed by atoms with Crippen LogP contribution in [0.2, 0.25) is 0 Å². The Morgan fingerprint density at radius 1 is 0.852 bits per heavy atom. The van der Waals surface area contributed by atoms with E-state index in [0.717, 1.165) is 35.5 Å². The summed E-state index contributed by atoms with van der Waals surface area (Å²) in [5.41, 5.74) is 6.44. The zero-order chi connectivity index (χ0) is 20.2. The van der Waals surface area contributed by atoms with Gasteiger partial charge >= 0.3 is 0 Å². The van der Waals surface area contributed by atoms with Crippen molar-refractivity contribution in [2.75, 3.05) is 0 Å². The second-order valence-electron chi connectivity index (χ2n) is 10.1. The molecule has 0 bridgehead atoms. The summed E-state index contributed by atoms with van der Waals surface area (Å²) in [7, 11) is 0. The molecule has 6 unspecified atom stereocenters. The van der Waals surface area contributed by atoms with Crippen molar-refractivity contribution in [3.8, 4) is 0 Å². The zero-order valence-corrected chi connectivity index (χ0v) is 19.8. The van der Waals surface area contributed by atoms with E-state index in [1.54, 1.807) is 0 Å². The fourth-order valence-electron chi connectivity index (χ4n) is 5.67. The van der Waals surface area contributed by atoms with Gasteiger partial charge in [0.2, 0.25) is 0 Å². The Hall–Kier alpha value is -0.0400. The first kappa shape index (κ1) is 25.0. The molecule has 0 aromatic carbocycles. The van der Waals surface area contributed by atoms with Crippen LogP contribution in [0.1, 0.15) is 125 Å². The largest absolute Gasteiger partial charge is 0.327 e. The van der Waals surface area contributed by atoms with Crippen LogP contribution in [0.5, 0.6) is 0 Å². The van der Waals surface area contributed by atoms with E-state index in [9.17, 15) is 0 Å². The van der Waals surface area contributed by atoms with E-state index in [-0.39, 0.29) is 0 Å². The van der Waals surface area contributed by atoms with Gasteiger partial charge in [0.25, 0.3) is 0 Å². The van der Waals surface area contributed by atoms with E-state index >= 15 is 0 Å². The van der Waals surface area contributed by atoms with Gasteiger partial charge in [0, 0.05) is 6.04 Å². The summed E-state index contributed by atoms with van der Waals surface area (Å²) < 4.78 is 0. The fraction of sp³-hybridized carbons (Fsp3) is 1.00. The molecule has 162 valence electrons. The first-order chi connectivity index (χ1) is 13.0. The molecule has 27 heavy (non-hydrogen) atoms. The van der Waals surface area contributed by atoms with Gasteiger partial charge in [0.15, 0.2) is 0 Å². The monoisotopic (exact) mass is 379 g/mol. The average molecular weight is 380 g/mol. The van der Waals surface area contributed by atoms with Gasteiger partial charge in [-0.2, -0.15) is 0 Å². The summed E-state index contributed by atoms with van der Waals surface area (Å²) in [5, 5.41) is 0. The lowest BCUT2D eigenvalue weighted by Gasteiger charge is -2.35. The van der Waals surface area contributed by atoms with Gasteiger partial charge in [0.05, 0.1) is 0 Å². The summed E-state index contributed by atoms with van der Waals surface area (Å²) in [5.74, 6) is 5.42. The average Bonchev–Trinajstić information content (AvgIpc) is 2.70. The van der Waals surface area contributed by atoms with E-state index in [0.29, 0.717) is 6.04 Å². The lowest BCUT2D eigenvalue weighted by atomic mass is 9.72. The van der Waals surface area contributed by atoms with Crippen molar-refractivity contribution in [2.45, 2.75) is 131 Å². The molecule has 0 aromatic heterocycles. The molecule has 0 radical (unpaired) electrons. The summed E-state index contributed by atoms with van der Waals surface area (Å²) in [6.45, 7) is 13.8. The maximum absolute atomic E-state index is 6.44. The van der Waals surface area contributed by atoms with Crippen molar-refractivity contribution in [1.29, 1.82) is 0 Å². The van der Waals surface area contributed by atoms with Crippen molar-refractivity contribution in [3.63, 3.8) is 0 Å². The topological polar surface area (TPSA) is 26.0 Å². The highest BCUT2D eigenvalue weighted by Gasteiger charge is 2.28. The number of hydrogen-bond donors (Lipinski definition) is 1. The Kier molecular flexibility index (Phi) is 13.0. The van der Waals surface area contributed by atoms with E-state index in [1.807, 2.05) is 13.8 Å². The minimum absolute atomic E-state index is 0.473. The quantitative estimate of drug-likeness (QED) is 0.429. The SMILES string of the molecule is CC.CCC(CCC(C)C(C)CC1CC(C)CCC1N)CC1CCCCC1. The molecule has 2 aliphatic rings. The molecule has 0 heterocycles. The van der Waals surface area contributed by atoms with Crippen molar-refractivity contribution >= 4 is 0 Å². The summed E-state index contributed by atoms with van der Waals surface area (Å²) in [6, 6.07) is 0.473. The lowest BCUT2D eigenvalue weighted by Crippen LogP contribution is -2.37. The fourth-order valence-corrected chi connectivity index (χ4v) is 5.67. The summed E-state index contributed by atoms with van der Waals surface area (Å²) >= 11 is 0. The Labute approximate surface area is 172 Å². The third-order valence-electron chi connectivity index (χ3n) is 7.95. The van der Waals surface area contributed by atoms with Gasteiger partial charge in [0.1, 0.15) is 0 Å². The predicted molar refractivity (Wildman–Crippen MR) is 123 cm³/mol. The van der Waals surface area contributed by atoms with Crippen molar-refractivity contribution in [2.24, 2.45) is 41.2 Å². The number of nitrogens with two attached hydrogens (primary N) is 1. The molecular weight excluding hydrogens is 326 g/mol. The Bertz CT molecular complexity index is 346. The van der Waals surface area contributed by atoms with Crippen molar-refractivity contribution in [1.82, 2.24) is 0 Å². The molecule has 0 spiro atoms. The van der Waals surface area contributed by atoms with Crippen LogP contribution >= 0.6 is 0 Å². The highest BCUT2D eigenvalue weighted by Crippen LogP contribution is 2.36. The first-order valence-corrected chi connectivity index (χ1v) is 12.7. The third kappa shape index (κ3) is 9.33. The minimum Gasteiger partial charge on any atom is -0.327 e. The predicted octanol–water partition coefficient (Wildman–Crippen LogP) is 8.22. The molecular formula is C26H53N. The highest BCUT2D eigenvalue weighted by atomic mass is 14.7. The third-order valence-corrected chi connectivity index (χ3v) is 7.95. The lowest BCUT2D eigenvalue weighted by molar-refractivity contribution is 0.182. The minimum atomic E-state index is 0.473. The molecule has 6 atom stereocenters. The second-order valence-corrected chi connectivity index (χ2v) is 10.1. The molecule has 0 aromatic rings. The van der Waals surface area contributed by atoms with Crippen LogP contribution in [0.15, 0.2) is 0 Å². The van der Waals surface area contributed by atoms with Crippen LogP contribution in [0, 0.1) is 35.5 Å². The van der Waals surface area contributed by atoms with Gasteiger partial charge in [-0.15, -0.1) is 0 Å². The van der Waals surface area contributed by atoms with E-state index in [2.05, 4.69) is 27.7 Å². The normalized spacial score (nSPS) is 30.1. The van der Waals surface area contributed by atoms with Gasteiger partial charge in [-0.05, 0) is 67.6 Å². The standard InChI is InChI=1S/C24H47N.C2H6/c1-5-21(17-22-9-7-6-8-10-22)13-12-19(3)20(4)16-23-15-18(2)11-14-24(23)25;1-2/h18-24H,5-17,25H2,1-4H3;1-2H3. The molecule has 2 N–H and O–H groups in total. The maximum atomic E-state index is 6.44. The Morgan fingerprint density at radius 2 is 1.52 bits per heavy atom. The number of hydrogen-bond acceptors (Lipinski definition) is 1. The molecule has 1 heteroatoms. The molecule has 0 amide bonds. The molecule has 2 aliphatic carbocycles. The molecule has 2 rings (SSSR count). The van der Waals surface area contributed by atoms with Gasteiger partial charge in [-0.1, -0.05) is 92.9 Å². The molecule has 0 aliphatic heterocycles. The van der Waals surface area contributed by atoms with Gasteiger partial charge in [-0.25, -0.2) is 0 Å². The highest BCUT2D eigenvalue weighted by molar-refractivity contribution is 4.83. The van der Waals surface area contributed by atoms with Crippen LogP contribution in [0.3, 0.4) is 0 Å². The van der Waals surface area contributed by atoms with Gasteiger partial charge in [-0.3, -0.25) is 0 Å². The summed E-state index contributed by atoms with van der Waals surface area (Å²) in [4.78, 5) is 0. The van der Waals surface area contributed by atoms with Crippen molar-refractivity contribution < 1.29 is 0 Å². The van der Waals surface area contributed by atoms with Crippen LogP contribution in [0.4, 0.5) is 0 Å². The van der Waals surface area contributed by atoms with Gasteiger partial charge < -0.3 is 5.73 Å². The molecule has 2 saturated carbocycles. The zero-order valence-electron chi connectivity index (χ0n) is 19.8. The van der Waals surface area contributed by atoms with Crippen molar-refractivity contribution in [3.05, 3.63) is 0 Å². The molecule has 1 nitrogen and oxygen atoms in total.